The van der Waals surface area contributed by atoms with Gasteiger partial charge in [-0.25, -0.2) is 4.98 Å². The molecule has 2 aromatic heterocycles. The Kier molecular flexibility index (Phi) is 12.4. The molecule has 0 bridgehead atoms. The first-order valence-electron chi connectivity index (χ1n) is 17.2. The van der Waals surface area contributed by atoms with E-state index in [1.807, 2.05) is 19.1 Å². The predicted molar refractivity (Wildman–Crippen MR) is 199 cm³/mol. The zero-order valence-electron chi connectivity index (χ0n) is 29.9. The SMILES string of the molecule is CCn1nc(C)cc1C(=O)Nc1nc2cc(C(N)=O)cc(OC)c2n1C/C=C/CNc1c(OC/C=C/CC2CCNCC2)cc(C(N)=O)cc1[N+](=O)[O-]. The molecule has 0 atom stereocenters. The molecule has 0 radical (unpaired) electrons. The van der Waals surface area contributed by atoms with E-state index in [1.165, 1.54) is 25.3 Å². The molecule has 2 aromatic carbocycles. The second-order valence-corrected chi connectivity index (χ2v) is 12.5. The smallest absolute Gasteiger partial charge is 0.296 e. The molecule has 4 aromatic rings. The van der Waals surface area contributed by atoms with Crippen LogP contribution in [0.3, 0.4) is 0 Å². The van der Waals surface area contributed by atoms with E-state index >= 15 is 0 Å². The number of carbonyl (C=O) groups is 3. The molecule has 0 aliphatic carbocycles. The Labute approximate surface area is 305 Å². The van der Waals surface area contributed by atoms with E-state index in [0.717, 1.165) is 38.4 Å². The van der Waals surface area contributed by atoms with Gasteiger partial charge < -0.3 is 36.1 Å². The van der Waals surface area contributed by atoms with Gasteiger partial charge in [0.25, 0.3) is 11.6 Å². The lowest BCUT2D eigenvalue weighted by Crippen LogP contribution is -2.27. The van der Waals surface area contributed by atoms with E-state index in [1.54, 1.807) is 34.4 Å². The summed E-state index contributed by atoms with van der Waals surface area (Å²) in [5, 5.41) is 25.7. The van der Waals surface area contributed by atoms with Crippen molar-refractivity contribution in [3.8, 4) is 11.5 Å². The highest BCUT2D eigenvalue weighted by molar-refractivity contribution is 6.04. The minimum Gasteiger partial charge on any atom is -0.494 e. The average molecular weight is 729 g/mol. The van der Waals surface area contributed by atoms with Gasteiger partial charge in [-0.3, -0.25) is 34.5 Å². The third-order valence-electron chi connectivity index (χ3n) is 8.81. The number of nitro benzene ring substituents is 1. The number of hydrogen-bond acceptors (Lipinski definition) is 11. The molecule has 1 fully saturated rings. The Morgan fingerprint density at radius 2 is 1.75 bits per heavy atom. The molecule has 3 heterocycles. The molecule has 17 heteroatoms. The Morgan fingerprint density at radius 1 is 1.04 bits per heavy atom. The fraction of sp³-hybridized carbons (Fsp3) is 0.361. The first-order chi connectivity index (χ1) is 25.5. The van der Waals surface area contributed by atoms with Crippen molar-refractivity contribution in [2.24, 2.45) is 17.4 Å². The molecule has 280 valence electrons. The number of hydrogen-bond donors (Lipinski definition) is 5. The zero-order valence-corrected chi connectivity index (χ0v) is 29.9. The van der Waals surface area contributed by atoms with Crippen molar-refractivity contribution in [2.75, 3.05) is 44.0 Å². The summed E-state index contributed by atoms with van der Waals surface area (Å²) in [6.45, 7) is 6.55. The third kappa shape index (κ3) is 9.17. The number of fused-ring (bicyclic) bond motifs is 1. The van der Waals surface area contributed by atoms with Gasteiger partial charge in [0.05, 0.1) is 23.2 Å². The van der Waals surface area contributed by atoms with Crippen LogP contribution in [0.4, 0.5) is 17.3 Å². The summed E-state index contributed by atoms with van der Waals surface area (Å²) in [5.41, 5.74) is 12.7. The van der Waals surface area contributed by atoms with E-state index in [-0.39, 0.29) is 53.9 Å². The number of nitrogens with one attached hydrogen (secondary N) is 3. The first-order valence-corrected chi connectivity index (χ1v) is 17.2. The molecule has 17 nitrogen and oxygen atoms in total. The van der Waals surface area contributed by atoms with Crippen LogP contribution in [0, 0.1) is 23.0 Å². The number of rotatable bonds is 17. The molecule has 1 aliphatic rings. The van der Waals surface area contributed by atoms with E-state index in [4.69, 9.17) is 20.9 Å². The number of piperidine rings is 1. The minimum absolute atomic E-state index is 0.0568. The minimum atomic E-state index is -0.825. The number of aromatic nitrogens is 4. The summed E-state index contributed by atoms with van der Waals surface area (Å²) >= 11 is 0. The number of carbonyl (C=O) groups excluding carboxylic acids is 3. The van der Waals surface area contributed by atoms with E-state index in [2.05, 4.69) is 26.0 Å². The van der Waals surface area contributed by atoms with Crippen molar-refractivity contribution in [3.63, 3.8) is 0 Å². The van der Waals surface area contributed by atoms with Crippen LogP contribution in [0.15, 0.2) is 54.6 Å². The van der Waals surface area contributed by atoms with E-state index in [0.29, 0.717) is 40.6 Å². The first kappa shape index (κ1) is 38.0. The van der Waals surface area contributed by atoms with Gasteiger partial charge in [0.15, 0.2) is 11.4 Å². The largest absolute Gasteiger partial charge is 0.494 e. The molecule has 5 rings (SSSR count). The van der Waals surface area contributed by atoms with Gasteiger partial charge in [0.2, 0.25) is 17.8 Å². The van der Waals surface area contributed by atoms with Gasteiger partial charge in [-0.1, -0.05) is 24.3 Å². The fourth-order valence-electron chi connectivity index (χ4n) is 6.15. The maximum Gasteiger partial charge on any atom is 0.296 e. The van der Waals surface area contributed by atoms with Gasteiger partial charge >= 0.3 is 0 Å². The van der Waals surface area contributed by atoms with Crippen molar-refractivity contribution in [3.05, 3.63) is 87.3 Å². The van der Waals surface area contributed by atoms with E-state index < -0.39 is 22.6 Å². The van der Waals surface area contributed by atoms with Gasteiger partial charge in [-0.15, -0.1) is 0 Å². The van der Waals surface area contributed by atoms with Gasteiger partial charge in [0.1, 0.15) is 23.6 Å². The van der Waals surface area contributed by atoms with E-state index in [9.17, 15) is 24.5 Å². The number of aryl methyl sites for hydroxylation is 2. The van der Waals surface area contributed by atoms with Crippen LogP contribution in [0.25, 0.3) is 11.0 Å². The lowest BCUT2D eigenvalue weighted by atomic mass is 9.95. The molecule has 7 N–H and O–H groups in total. The Hall–Kier alpha value is -6.23. The van der Waals surface area contributed by atoms with Crippen molar-refractivity contribution in [1.82, 2.24) is 24.6 Å². The number of allylic oxidation sites excluding steroid dienone is 2. The maximum atomic E-state index is 13.4. The molecular weight excluding hydrogens is 684 g/mol. The number of primary amides is 2. The number of benzene rings is 2. The average Bonchev–Trinajstić information content (AvgIpc) is 3.70. The lowest BCUT2D eigenvalue weighted by Gasteiger charge is -2.20. The predicted octanol–water partition coefficient (Wildman–Crippen LogP) is 3.92. The maximum absolute atomic E-state index is 13.4. The number of anilines is 2. The second-order valence-electron chi connectivity index (χ2n) is 12.5. The highest BCUT2D eigenvalue weighted by atomic mass is 16.6. The van der Waals surface area contributed by atoms with Crippen molar-refractivity contribution < 1.29 is 28.8 Å². The molecule has 1 aliphatic heterocycles. The molecule has 0 spiro atoms. The number of nitrogens with zero attached hydrogens (tertiary/aromatic N) is 5. The van der Waals surface area contributed by atoms with Crippen LogP contribution >= 0.6 is 0 Å². The van der Waals surface area contributed by atoms with Crippen LogP contribution in [-0.4, -0.2) is 75.3 Å². The highest BCUT2D eigenvalue weighted by Gasteiger charge is 2.24. The number of imidazole rings is 1. The zero-order chi connectivity index (χ0) is 38.1. The highest BCUT2D eigenvalue weighted by Crippen LogP contribution is 2.36. The van der Waals surface area contributed by atoms with Crippen molar-refractivity contribution >= 4 is 46.1 Å². The van der Waals surface area contributed by atoms with Crippen molar-refractivity contribution in [2.45, 2.75) is 46.2 Å². The summed E-state index contributed by atoms with van der Waals surface area (Å²) in [7, 11) is 1.44. The molecule has 1 saturated heterocycles. The quantitative estimate of drug-likeness (QED) is 0.0593. The van der Waals surface area contributed by atoms with Crippen LogP contribution in [0.5, 0.6) is 11.5 Å². The number of ether oxygens (including phenoxy) is 2. The number of methoxy groups -OCH3 is 1. The summed E-state index contributed by atoms with van der Waals surface area (Å²) in [5.74, 6) is -0.763. The van der Waals surface area contributed by atoms with Gasteiger partial charge in [-0.2, -0.15) is 5.10 Å². The molecule has 0 saturated carbocycles. The molecule has 3 amide bonds. The Morgan fingerprint density at radius 3 is 2.43 bits per heavy atom. The Balaban J connectivity index is 1.38. The third-order valence-corrected chi connectivity index (χ3v) is 8.81. The molecule has 53 heavy (non-hydrogen) atoms. The monoisotopic (exact) mass is 728 g/mol. The summed E-state index contributed by atoms with van der Waals surface area (Å²) in [6.07, 6.45) is 10.5. The summed E-state index contributed by atoms with van der Waals surface area (Å²) in [4.78, 5) is 53.6. The fourth-order valence-corrected chi connectivity index (χ4v) is 6.15. The van der Waals surface area contributed by atoms with Crippen LogP contribution in [-0.2, 0) is 13.1 Å². The Bertz CT molecular complexity index is 2060. The second kappa shape index (κ2) is 17.3. The normalized spacial score (nSPS) is 13.5. The van der Waals surface area contributed by atoms with Gasteiger partial charge in [0, 0.05) is 36.8 Å². The van der Waals surface area contributed by atoms with Crippen LogP contribution < -0.4 is 36.9 Å². The molecule has 0 unspecified atom stereocenters. The summed E-state index contributed by atoms with van der Waals surface area (Å²) in [6, 6.07) is 7.17. The lowest BCUT2D eigenvalue weighted by molar-refractivity contribution is -0.384. The van der Waals surface area contributed by atoms with Gasteiger partial charge in [-0.05, 0) is 76.4 Å². The topological polar surface area (TPSA) is 237 Å². The van der Waals surface area contributed by atoms with Crippen LogP contribution in [0.1, 0.15) is 63.1 Å². The standard InChI is InChI=1S/C36H44N10O7/c1-4-45-28(17-22(2)43-45)35(49)42-36-41-26-18-24(33(37)47)21-30(52-3)32(26)44(36)15-7-6-12-40-31-27(46(50)51)19-25(34(38)48)20-29(31)53-16-8-5-9-23-10-13-39-14-11-23/h5-8,17-21,23,39-40H,4,9-16H2,1-3H3,(H2,37,47)(H2,38,48)(H,41,42,49)/b7-6+,8-5+. The number of nitro groups is 1. The number of nitrogens with two attached hydrogens (primary N) is 2. The number of amides is 3. The van der Waals surface area contributed by atoms with Crippen molar-refractivity contribution in [1.29, 1.82) is 0 Å². The van der Waals surface area contributed by atoms with Crippen LogP contribution in [0.2, 0.25) is 0 Å². The summed E-state index contributed by atoms with van der Waals surface area (Å²) < 4.78 is 14.8. The molecular formula is C36H44N10O7.